The number of hydrogen-bond donors (Lipinski definition) is 0. The van der Waals surface area contributed by atoms with Crippen molar-refractivity contribution < 1.29 is 18.0 Å². The minimum atomic E-state index is -4.10. The zero-order valence-corrected chi connectivity index (χ0v) is 12.8. The average molecular weight is 344 g/mol. The van der Waals surface area contributed by atoms with Crippen molar-refractivity contribution in [2.24, 2.45) is 11.8 Å². The van der Waals surface area contributed by atoms with Gasteiger partial charge in [0.1, 0.15) is 0 Å². The van der Waals surface area contributed by atoms with E-state index >= 15 is 0 Å². The number of hydrogen-bond acceptors (Lipinski definition) is 1. The first kappa shape index (κ1) is 16.8. The molecule has 1 amide bonds. The SMILES string of the molecule is CCN(CCCBr)C(=O)C1CCC(C(F)(F)F)CC1. The van der Waals surface area contributed by atoms with E-state index in [-0.39, 0.29) is 24.7 Å². The van der Waals surface area contributed by atoms with E-state index in [1.54, 1.807) is 4.90 Å². The van der Waals surface area contributed by atoms with Crippen LogP contribution in [0.4, 0.5) is 13.2 Å². The van der Waals surface area contributed by atoms with Crippen LogP contribution >= 0.6 is 15.9 Å². The molecule has 0 aliphatic heterocycles. The molecule has 1 aliphatic carbocycles. The molecule has 0 radical (unpaired) electrons. The van der Waals surface area contributed by atoms with Crippen molar-refractivity contribution in [2.45, 2.75) is 45.2 Å². The van der Waals surface area contributed by atoms with E-state index in [9.17, 15) is 18.0 Å². The summed E-state index contributed by atoms with van der Waals surface area (Å²) in [4.78, 5) is 14.0. The molecule has 1 rings (SSSR count). The lowest BCUT2D eigenvalue weighted by atomic mass is 9.81. The van der Waals surface area contributed by atoms with Crippen LogP contribution < -0.4 is 0 Å². The monoisotopic (exact) mass is 343 g/mol. The predicted octanol–water partition coefficient (Wildman–Crippen LogP) is 3.99. The predicted molar refractivity (Wildman–Crippen MR) is 72.2 cm³/mol. The van der Waals surface area contributed by atoms with Gasteiger partial charge in [0.25, 0.3) is 0 Å². The number of nitrogens with zero attached hydrogens (tertiary/aromatic N) is 1. The second-order valence-corrected chi connectivity index (χ2v) is 5.84. The van der Waals surface area contributed by atoms with Gasteiger partial charge in [0.15, 0.2) is 0 Å². The van der Waals surface area contributed by atoms with Gasteiger partial charge < -0.3 is 4.90 Å². The van der Waals surface area contributed by atoms with Crippen LogP contribution in [0.3, 0.4) is 0 Å². The van der Waals surface area contributed by atoms with Crippen LogP contribution in [-0.2, 0) is 4.79 Å². The van der Waals surface area contributed by atoms with Crippen LogP contribution in [0, 0.1) is 11.8 Å². The highest BCUT2D eigenvalue weighted by molar-refractivity contribution is 9.09. The first-order valence-electron chi connectivity index (χ1n) is 6.81. The fourth-order valence-electron chi connectivity index (χ4n) is 2.60. The quantitative estimate of drug-likeness (QED) is 0.691. The Morgan fingerprint density at radius 2 is 1.84 bits per heavy atom. The second-order valence-electron chi connectivity index (χ2n) is 5.05. The van der Waals surface area contributed by atoms with Crippen LogP contribution in [0.5, 0.6) is 0 Å². The lowest BCUT2D eigenvalue weighted by molar-refractivity contribution is -0.185. The number of amides is 1. The van der Waals surface area contributed by atoms with E-state index in [1.165, 1.54) is 0 Å². The minimum Gasteiger partial charge on any atom is -0.343 e. The van der Waals surface area contributed by atoms with E-state index in [1.807, 2.05) is 6.92 Å². The summed E-state index contributed by atoms with van der Waals surface area (Å²) in [5.74, 6) is -1.40. The van der Waals surface area contributed by atoms with Crippen LogP contribution in [-0.4, -0.2) is 35.4 Å². The van der Waals surface area contributed by atoms with Gasteiger partial charge in [-0.2, -0.15) is 13.2 Å². The van der Waals surface area contributed by atoms with Crippen molar-refractivity contribution >= 4 is 21.8 Å². The van der Waals surface area contributed by atoms with E-state index in [0.29, 0.717) is 25.9 Å². The largest absolute Gasteiger partial charge is 0.391 e. The van der Waals surface area contributed by atoms with Crippen molar-refractivity contribution in [2.75, 3.05) is 18.4 Å². The normalized spacial score (nSPS) is 24.3. The van der Waals surface area contributed by atoms with Crippen LogP contribution in [0.15, 0.2) is 0 Å². The third kappa shape index (κ3) is 4.97. The van der Waals surface area contributed by atoms with E-state index in [2.05, 4.69) is 15.9 Å². The summed E-state index contributed by atoms with van der Waals surface area (Å²) in [6.07, 6.45) is -2.31. The maximum atomic E-state index is 12.6. The molecule has 0 bridgehead atoms. The number of rotatable bonds is 5. The molecule has 6 heteroatoms. The zero-order valence-electron chi connectivity index (χ0n) is 11.2. The third-order valence-corrected chi connectivity index (χ3v) is 4.36. The Morgan fingerprint density at radius 3 is 2.26 bits per heavy atom. The molecule has 0 atom stereocenters. The van der Waals surface area contributed by atoms with Gasteiger partial charge in [0.2, 0.25) is 5.91 Å². The third-order valence-electron chi connectivity index (χ3n) is 3.79. The molecule has 1 aliphatic rings. The Hall–Kier alpha value is -0.260. The lowest BCUT2D eigenvalue weighted by Crippen LogP contribution is -2.39. The molecular formula is C13H21BrF3NO. The summed E-state index contributed by atoms with van der Waals surface area (Å²) in [6, 6.07) is 0. The average Bonchev–Trinajstić information content (AvgIpc) is 2.38. The van der Waals surface area contributed by atoms with Gasteiger partial charge in [-0.3, -0.25) is 4.79 Å². The lowest BCUT2D eigenvalue weighted by Gasteiger charge is -2.32. The highest BCUT2D eigenvalue weighted by Crippen LogP contribution is 2.39. The highest BCUT2D eigenvalue weighted by Gasteiger charge is 2.42. The smallest absolute Gasteiger partial charge is 0.343 e. The first-order chi connectivity index (χ1) is 8.90. The molecule has 1 saturated carbocycles. The molecule has 0 saturated heterocycles. The molecule has 0 heterocycles. The molecule has 0 aromatic carbocycles. The fourth-order valence-corrected chi connectivity index (χ4v) is 2.85. The fraction of sp³-hybridized carbons (Fsp3) is 0.923. The summed E-state index contributed by atoms with van der Waals surface area (Å²) in [5, 5.41) is 0.831. The maximum Gasteiger partial charge on any atom is 0.391 e. The molecule has 112 valence electrons. The second kappa shape index (κ2) is 7.50. The van der Waals surface area contributed by atoms with Crippen LogP contribution in [0.2, 0.25) is 0 Å². The van der Waals surface area contributed by atoms with Gasteiger partial charge in [-0.25, -0.2) is 0 Å². The Bertz CT molecular complexity index is 288. The zero-order chi connectivity index (χ0) is 14.5. The van der Waals surface area contributed by atoms with Gasteiger partial charge >= 0.3 is 6.18 Å². The van der Waals surface area contributed by atoms with Crippen molar-refractivity contribution in [1.82, 2.24) is 4.90 Å². The van der Waals surface area contributed by atoms with Gasteiger partial charge in [-0.05, 0) is 39.0 Å². The minimum absolute atomic E-state index is 0.0316. The molecule has 2 nitrogen and oxygen atoms in total. The van der Waals surface area contributed by atoms with E-state index < -0.39 is 12.1 Å². The van der Waals surface area contributed by atoms with Gasteiger partial charge in [0.05, 0.1) is 5.92 Å². The maximum absolute atomic E-state index is 12.6. The molecule has 0 aromatic heterocycles. The number of halogens is 4. The summed E-state index contributed by atoms with van der Waals surface area (Å²) >= 11 is 3.32. The number of carbonyl (C=O) groups excluding carboxylic acids is 1. The number of alkyl halides is 4. The Balaban J connectivity index is 2.47. The standard InChI is InChI=1S/C13H21BrF3NO/c1-2-18(9-3-8-14)12(19)10-4-6-11(7-5-10)13(15,16)17/h10-11H,2-9H2,1H3. The first-order valence-corrected chi connectivity index (χ1v) is 7.93. The van der Waals surface area contributed by atoms with Crippen LogP contribution in [0.25, 0.3) is 0 Å². The van der Waals surface area contributed by atoms with E-state index in [4.69, 9.17) is 0 Å². The molecule has 0 N–H and O–H groups in total. The molecule has 0 spiro atoms. The van der Waals surface area contributed by atoms with E-state index in [0.717, 1.165) is 11.8 Å². The Morgan fingerprint density at radius 1 is 1.26 bits per heavy atom. The van der Waals surface area contributed by atoms with Crippen molar-refractivity contribution in [3.8, 4) is 0 Å². The molecule has 0 unspecified atom stereocenters. The van der Waals surface area contributed by atoms with Gasteiger partial charge in [-0.1, -0.05) is 15.9 Å². The van der Waals surface area contributed by atoms with Crippen molar-refractivity contribution in [1.29, 1.82) is 0 Å². The van der Waals surface area contributed by atoms with Gasteiger partial charge in [-0.15, -0.1) is 0 Å². The molecular weight excluding hydrogens is 323 g/mol. The summed E-state index contributed by atoms with van der Waals surface area (Å²) in [6.45, 7) is 3.22. The summed E-state index contributed by atoms with van der Waals surface area (Å²) in [5.41, 5.74) is 0. The van der Waals surface area contributed by atoms with Crippen molar-refractivity contribution in [3.63, 3.8) is 0 Å². The Kier molecular flexibility index (Phi) is 6.63. The summed E-state index contributed by atoms with van der Waals surface area (Å²) in [7, 11) is 0. The number of carbonyl (C=O) groups is 1. The topological polar surface area (TPSA) is 20.3 Å². The summed E-state index contributed by atoms with van der Waals surface area (Å²) < 4.78 is 37.7. The Labute approximate surface area is 120 Å². The molecule has 0 aromatic rings. The molecule has 1 fully saturated rings. The van der Waals surface area contributed by atoms with Crippen LogP contribution in [0.1, 0.15) is 39.0 Å². The molecule has 19 heavy (non-hydrogen) atoms. The van der Waals surface area contributed by atoms with Gasteiger partial charge in [0, 0.05) is 24.3 Å². The highest BCUT2D eigenvalue weighted by atomic mass is 79.9. The van der Waals surface area contributed by atoms with Crippen molar-refractivity contribution in [3.05, 3.63) is 0 Å².